The Bertz CT molecular complexity index is 469. The SMILES string of the molecule is O=C(NN[C@@H]1O[C@H](CO)[C@@H](O)[C@H](O)[C@H]1O)c1ccccc1. The van der Waals surface area contributed by atoms with Crippen molar-refractivity contribution in [3.8, 4) is 0 Å². The van der Waals surface area contributed by atoms with Gasteiger partial charge in [-0.2, -0.15) is 0 Å². The molecular weight excluding hydrogens is 280 g/mol. The topological polar surface area (TPSA) is 131 Å². The molecule has 116 valence electrons. The summed E-state index contributed by atoms with van der Waals surface area (Å²) in [4.78, 5) is 11.8. The zero-order valence-electron chi connectivity index (χ0n) is 11.1. The van der Waals surface area contributed by atoms with E-state index >= 15 is 0 Å². The van der Waals surface area contributed by atoms with Crippen molar-refractivity contribution in [1.82, 2.24) is 10.9 Å². The number of aliphatic hydroxyl groups is 4. The van der Waals surface area contributed by atoms with Crippen LogP contribution in [0.15, 0.2) is 30.3 Å². The smallest absolute Gasteiger partial charge is 0.265 e. The zero-order chi connectivity index (χ0) is 15.4. The maximum atomic E-state index is 11.8. The van der Waals surface area contributed by atoms with E-state index in [4.69, 9.17) is 9.84 Å². The lowest BCUT2D eigenvalue weighted by Crippen LogP contribution is -2.64. The fourth-order valence-corrected chi connectivity index (χ4v) is 2.02. The highest BCUT2D eigenvalue weighted by Crippen LogP contribution is 2.19. The van der Waals surface area contributed by atoms with Gasteiger partial charge in [-0.15, -0.1) is 0 Å². The van der Waals surface area contributed by atoms with E-state index in [1.165, 1.54) is 0 Å². The van der Waals surface area contributed by atoms with Crippen LogP contribution in [0.5, 0.6) is 0 Å². The van der Waals surface area contributed by atoms with Gasteiger partial charge in [-0.25, -0.2) is 5.43 Å². The molecule has 1 aliphatic heterocycles. The maximum absolute atomic E-state index is 11.8. The van der Waals surface area contributed by atoms with Crippen molar-refractivity contribution in [3.05, 3.63) is 35.9 Å². The van der Waals surface area contributed by atoms with E-state index in [-0.39, 0.29) is 0 Å². The molecule has 0 saturated carbocycles. The number of aliphatic hydroxyl groups excluding tert-OH is 4. The minimum absolute atomic E-state index is 0.398. The first-order chi connectivity index (χ1) is 10.0. The normalized spacial score (nSPS) is 32.7. The zero-order valence-corrected chi connectivity index (χ0v) is 11.1. The predicted octanol–water partition coefficient (Wildman–Crippen LogP) is -2.28. The Morgan fingerprint density at radius 3 is 2.38 bits per heavy atom. The molecule has 1 amide bonds. The molecule has 21 heavy (non-hydrogen) atoms. The molecule has 0 aliphatic carbocycles. The van der Waals surface area contributed by atoms with E-state index in [2.05, 4.69) is 10.9 Å². The van der Waals surface area contributed by atoms with Crippen LogP contribution in [0.3, 0.4) is 0 Å². The van der Waals surface area contributed by atoms with Gasteiger partial charge in [0.2, 0.25) is 0 Å². The quantitative estimate of drug-likeness (QED) is 0.345. The van der Waals surface area contributed by atoms with Crippen molar-refractivity contribution >= 4 is 5.91 Å². The van der Waals surface area contributed by atoms with Crippen LogP contribution in [0.25, 0.3) is 0 Å². The molecule has 1 aromatic carbocycles. The highest BCUT2D eigenvalue weighted by atomic mass is 16.6. The third-order valence-corrected chi connectivity index (χ3v) is 3.26. The third kappa shape index (κ3) is 3.56. The van der Waals surface area contributed by atoms with Gasteiger partial charge in [0.1, 0.15) is 24.4 Å². The van der Waals surface area contributed by atoms with Crippen molar-refractivity contribution in [3.63, 3.8) is 0 Å². The number of hydrogen-bond donors (Lipinski definition) is 6. The molecule has 6 N–H and O–H groups in total. The van der Waals surface area contributed by atoms with Crippen LogP contribution in [-0.2, 0) is 4.74 Å². The van der Waals surface area contributed by atoms with Crippen molar-refractivity contribution in [2.24, 2.45) is 0 Å². The molecule has 1 heterocycles. The molecule has 8 heteroatoms. The maximum Gasteiger partial charge on any atom is 0.265 e. The average molecular weight is 298 g/mol. The number of carbonyl (C=O) groups excluding carboxylic acids is 1. The Morgan fingerprint density at radius 1 is 1.10 bits per heavy atom. The molecule has 0 aromatic heterocycles. The summed E-state index contributed by atoms with van der Waals surface area (Å²) in [5, 5.41) is 38.0. The van der Waals surface area contributed by atoms with E-state index in [1.807, 2.05) is 0 Å². The monoisotopic (exact) mass is 298 g/mol. The lowest BCUT2D eigenvalue weighted by atomic mass is 9.99. The molecule has 1 fully saturated rings. The summed E-state index contributed by atoms with van der Waals surface area (Å²) in [7, 11) is 0. The van der Waals surface area contributed by atoms with Crippen LogP contribution in [-0.4, -0.2) is 63.6 Å². The van der Waals surface area contributed by atoms with Gasteiger partial charge in [0.05, 0.1) is 6.61 Å². The van der Waals surface area contributed by atoms with Gasteiger partial charge in [-0.1, -0.05) is 18.2 Å². The van der Waals surface area contributed by atoms with E-state index in [0.717, 1.165) is 0 Å². The fourth-order valence-electron chi connectivity index (χ4n) is 2.02. The molecule has 8 nitrogen and oxygen atoms in total. The molecule has 5 atom stereocenters. The Balaban J connectivity index is 1.94. The lowest BCUT2D eigenvalue weighted by molar-refractivity contribution is -0.238. The highest BCUT2D eigenvalue weighted by molar-refractivity contribution is 5.93. The predicted molar refractivity (Wildman–Crippen MR) is 70.8 cm³/mol. The number of amides is 1. The van der Waals surface area contributed by atoms with Crippen LogP contribution in [0.2, 0.25) is 0 Å². The van der Waals surface area contributed by atoms with Crippen molar-refractivity contribution in [2.45, 2.75) is 30.6 Å². The Morgan fingerprint density at radius 2 is 1.76 bits per heavy atom. The lowest BCUT2D eigenvalue weighted by Gasteiger charge is -2.40. The number of benzene rings is 1. The van der Waals surface area contributed by atoms with Crippen molar-refractivity contribution in [2.75, 3.05) is 6.61 Å². The van der Waals surface area contributed by atoms with Gasteiger partial charge in [0.25, 0.3) is 5.91 Å². The van der Waals surface area contributed by atoms with Gasteiger partial charge < -0.3 is 25.2 Å². The standard InChI is InChI=1S/C13H18N2O6/c16-6-8-9(17)10(18)11(19)13(21-8)15-14-12(20)7-4-2-1-3-5-7/h1-5,8-11,13,15-19H,6H2,(H,14,20)/t8-,9-,10+,11-,13-/m1/s1. The third-order valence-electron chi connectivity index (χ3n) is 3.26. The first kappa shape index (κ1) is 15.8. The minimum Gasteiger partial charge on any atom is -0.394 e. The minimum atomic E-state index is -1.50. The summed E-state index contributed by atoms with van der Waals surface area (Å²) < 4.78 is 5.18. The summed E-state index contributed by atoms with van der Waals surface area (Å²) in [6.07, 6.45) is -6.59. The van der Waals surface area contributed by atoms with Crippen molar-refractivity contribution in [1.29, 1.82) is 0 Å². The average Bonchev–Trinajstić information content (AvgIpc) is 2.52. The van der Waals surface area contributed by atoms with Gasteiger partial charge in [0, 0.05) is 5.56 Å². The number of ether oxygens (including phenoxy) is 1. The first-order valence-electron chi connectivity index (χ1n) is 6.46. The number of rotatable bonds is 4. The van der Waals surface area contributed by atoms with Gasteiger partial charge in [0.15, 0.2) is 6.23 Å². The van der Waals surface area contributed by atoms with Gasteiger partial charge in [-0.05, 0) is 12.1 Å². The summed E-state index contributed by atoms with van der Waals surface area (Å²) >= 11 is 0. The number of hydrazine groups is 1. The summed E-state index contributed by atoms with van der Waals surface area (Å²) in [6.45, 7) is -0.532. The van der Waals surface area contributed by atoms with Crippen LogP contribution in [0.1, 0.15) is 10.4 Å². The summed E-state index contributed by atoms with van der Waals surface area (Å²) in [6, 6.07) is 8.36. The van der Waals surface area contributed by atoms with Crippen LogP contribution >= 0.6 is 0 Å². The van der Waals surface area contributed by atoms with Gasteiger partial charge >= 0.3 is 0 Å². The largest absolute Gasteiger partial charge is 0.394 e. The molecule has 0 radical (unpaired) electrons. The molecule has 0 unspecified atom stereocenters. The van der Waals surface area contributed by atoms with Crippen LogP contribution < -0.4 is 10.9 Å². The number of nitrogens with one attached hydrogen (secondary N) is 2. The van der Waals surface area contributed by atoms with Crippen molar-refractivity contribution < 1.29 is 30.0 Å². The number of hydrogen-bond acceptors (Lipinski definition) is 7. The fraction of sp³-hybridized carbons (Fsp3) is 0.462. The molecule has 1 aromatic rings. The van der Waals surface area contributed by atoms with E-state index in [9.17, 15) is 20.1 Å². The van der Waals surface area contributed by atoms with E-state index in [1.54, 1.807) is 30.3 Å². The molecule has 0 bridgehead atoms. The molecule has 0 spiro atoms. The second kappa shape index (κ2) is 6.94. The number of carbonyl (C=O) groups is 1. The molecule has 1 saturated heterocycles. The van der Waals surface area contributed by atoms with Crippen LogP contribution in [0.4, 0.5) is 0 Å². The van der Waals surface area contributed by atoms with Gasteiger partial charge in [-0.3, -0.25) is 10.2 Å². The Kier molecular flexibility index (Phi) is 5.23. The molecule has 2 rings (SSSR count). The highest BCUT2D eigenvalue weighted by Gasteiger charge is 2.43. The Hall–Kier alpha value is -1.55. The summed E-state index contributed by atoms with van der Waals surface area (Å²) in [5.41, 5.74) is 5.16. The van der Waals surface area contributed by atoms with Crippen LogP contribution in [0, 0.1) is 0 Å². The second-order valence-corrected chi connectivity index (χ2v) is 4.71. The first-order valence-corrected chi connectivity index (χ1v) is 6.46. The molecule has 1 aliphatic rings. The Labute approximate surface area is 121 Å². The second-order valence-electron chi connectivity index (χ2n) is 4.71. The summed E-state index contributed by atoms with van der Waals surface area (Å²) in [5.74, 6) is -0.451. The molecular formula is C13H18N2O6. The van der Waals surface area contributed by atoms with E-state index < -0.39 is 43.2 Å². The van der Waals surface area contributed by atoms with E-state index in [0.29, 0.717) is 5.56 Å².